The SMILES string of the molecule is c1ccc(-c2ccc(N(c3ccc(-c4ccccc4)cc3)c3ccc(-c4c5ccccc5cc5c(-c6cccc7ccccc67)c6ccccc6n45)cc3)cc2)cc1. The van der Waals surface area contributed by atoms with Crippen molar-refractivity contribution in [3.8, 4) is 44.6 Å². The predicted octanol–water partition coefficient (Wildman–Crippen LogP) is 15.5. The van der Waals surface area contributed by atoms with Crippen molar-refractivity contribution >= 4 is 55.0 Å². The lowest BCUT2D eigenvalue weighted by Crippen LogP contribution is -2.10. The summed E-state index contributed by atoms with van der Waals surface area (Å²) in [5, 5.41) is 6.19. The first-order valence-corrected chi connectivity index (χ1v) is 19.9. The topological polar surface area (TPSA) is 7.65 Å². The van der Waals surface area contributed by atoms with Gasteiger partial charge in [-0.15, -0.1) is 0 Å². The fourth-order valence-electron chi connectivity index (χ4n) is 8.84. The molecule has 0 N–H and O–H groups in total. The van der Waals surface area contributed by atoms with Crippen molar-refractivity contribution in [2.24, 2.45) is 0 Å². The third-order valence-corrected chi connectivity index (χ3v) is 11.6. The molecule has 0 aliphatic heterocycles. The molecule has 272 valence electrons. The zero-order valence-electron chi connectivity index (χ0n) is 31.8. The van der Waals surface area contributed by atoms with Crippen LogP contribution in [0, 0.1) is 0 Å². The van der Waals surface area contributed by atoms with E-state index in [1.54, 1.807) is 0 Å². The van der Waals surface area contributed by atoms with Gasteiger partial charge in [-0.2, -0.15) is 0 Å². The second kappa shape index (κ2) is 14.1. The highest BCUT2D eigenvalue weighted by molar-refractivity contribution is 6.15. The van der Waals surface area contributed by atoms with Crippen LogP contribution in [0.5, 0.6) is 0 Å². The lowest BCUT2D eigenvalue weighted by atomic mass is 9.96. The largest absolute Gasteiger partial charge is 0.311 e. The summed E-state index contributed by atoms with van der Waals surface area (Å²) in [5.74, 6) is 0. The predicted molar refractivity (Wildman–Crippen MR) is 246 cm³/mol. The zero-order chi connectivity index (χ0) is 38.4. The van der Waals surface area contributed by atoms with Gasteiger partial charge in [0, 0.05) is 33.4 Å². The molecule has 0 amide bonds. The van der Waals surface area contributed by atoms with Crippen LogP contribution in [0.2, 0.25) is 0 Å². The maximum Gasteiger partial charge on any atom is 0.0612 e. The van der Waals surface area contributed by atoms with E-state index in [-0.39, 0.29) is 0 Å². The first kappa shape index (κ1) is 33.6. The first-order valence-electron chi connectivity index (χ1n) is 19.9. The fourth-order valence-corrected chi connectivity index (χ4v) is 8.84. The molecule has 2 aromatic heterocycles. The second-order valence-corrected chi connectivity index (χ2v) is 14.9. The summed E-state index contributed by atoms with van der Waals surface area (Å²) in [5.41, 5.74) is 15.4. The number of benzene rings is 9. The van der Waals surface area contributed by atoms with E-state index in [1.807, 2.05) is 0 Å². The Kier molecular flexibility index (Phi) is 8.19. The number of hydrogen-bond donors (Lipinski definition) is 0. The summed E-state index contributed by atoms with van der Waals surface area (Å²) in [6.07, 6.45) is 0. The molecule has 2 heteroatoms. The smallest absolute Gasteiger partial charge is 0.0612 e. The Morgan fingerprint density at radius 1 is 0.293 bits per heavy atom. The van der Waals surface area contributed by atoms with Crippen molar-refractivity contribution in [1.82, 2.24) is 4.40 Å². The minimum atomic E-state index is 1.09. The number of fused-ring (bicyclic) bond motifs is 5. The average molecular weight is 739 g/mol. The van der Waals surface area contributed by atoms with Gasteiger partial charge in [-0.3, -0.25) is 0 Å². The summed E-state index contributed by atoms with van der Waals surface area (Å²) in [7, 11) is 0. The van der Waals surface area contributed by atoms with Gasteiger partial charge in [-0.25, -0.2) is 0 Å². The Hall–Kier alpha value is -7.68. The molecule has 11 rings (SSSR count). The normalized spacial score (nSPS) is 11.4. The van der Waals surface area contributed by atoms with Crippen LogP contribution in [0.15, 0.2) is 231 Å². The Balaban J connectivity index is 1.08. The van der Waals surface area contributed by atoms with Crippen molar-refractivity contribution < 1.29 is 0 Å². The molecular weight excluding hydrogens is 701 g/mol. The number of aromatic nitrogens is 1. The van der Waals surface area contributed by atoms with Crippen molar-refractivity contribution in [1.29, 1.82) is 0 Å². The molecule has 0 spiro atoms. The summed E-state index contributed by atoms with van der Waals surface area (Å²) in [6.45, 7) is 0. The Labute approximate surface area is 338 Å². The number of hydrogen-bond acceptors (Lipinski definition) is 1. The Bertz CT molecular complexity index is 3150. The highest BCUT2D eigenvalue weighted by Gasteiger charge is 2.21. The Morgan fingerprint density at radius 2 is 0.741 bits per heavy atom. The molecule has 0 saturated carbocycles. The quantitative estimate of drug-likeness (QED) is 0.158. The molecule has 0 unspecified atom stereocenters. The standard InChI is InChI=1S/C56H38N2/c1-3-14-39(15-4-1)41-26-32-46(33-27-41)57(47-34-28-42(29-35-47)40-16-5-2-6-17-40)48-36-30-44(31-37-48)56-50-22-10-8-19-45(50)38-54-55(52-23-11-12-25-53(52)58(54)56)51-24-13-20-43-18-7-9-21-49(43)51/h1-38H. The highest BCUT2D eigenvalue weighted by atomic mass is 15.1. The molecule has 11 aromatic rings. The van der Waals surface area contributed by atoms with Gasteiger partial charge in [0.2, 0.25) is 0 Å². The van der Waals surface area contributed by atoms with E-state index >= 15 is 0 Å². The molecule has 0 fully saturated rings. The number of rotatable bonds is 7. The fraction of sp³-hybridized carbons (Fsp3) is 0. The molecule has 0 saturated heterocycles. The number of nitrogens with zero attached hydrogens (tertiary/aromatic N) is 2. The van der Waals surface area contributed by atoms with Crippen LogP contribution in [-0.2, 0) is 0 Å². The number of para-hydroxylation sites is 1. The van der Waals surface area contributed by atoms with E-state index in [0.29, 0.717) is 0 Å². The van der Waals surface area contributed by atoms with Crippen LogP contribution in [0.3, 0.4) is 0 Å². The van der Waals surface area contributed by atoms with Crippen LogP contribution >= 0.6 is 0 Å². The second-order valence-electron chi connectivity index (χ2n) is 14.9. The van der Waals surface area contributed by atoms with Gasteiger partial charge in [-0.05, 0) is 98.1 Å². The van der Waals surface area contributed by atoms with E-state index in [1.165, 1.54) is 77.0 Å². The third kappa shape index (κ3) is 5.74. The van der Waals surface area contributed by atoms with Crippen molar-refractivity contribution in [2.45, 2.75) is 0 Å². The van der Waals surface area contributed by atoms with Gasteiger partial charge in [-0.1, -0.05) is 182 Å². The molecular formula is C56H38N2. The summed E-state index contributed by atoms with van der Waals surface area (Å²) in [6, 6.07) is 83.6. The van der Waals surface area contributed by atoms with E-state index in [2.05, 4.69) is 240 Å². The maximum atomic E-state index is 2.49. The number of anilines is 3. The first-order chi connectivity index (χ1) is 28.8. The Morgan fingerprint density at radius 3 is 1.34 bits per heavy atom. The van der Waals surface area contributed by atoms with Crippen molar-refractivity contribution in [2.75, 3.05) is 4.90 Å². The van der Waals surface area contributed by atoms with Gasteiger partial charge in [0.1, 0.15) is 0 Å². The average Bonchev–Trinajstić information content (AvgIpc) is 3.63. The van der Waals surface area contributed by atoms with Crippen molar-refractivity contribution in [3.63, 3.8) is 0 Å². The molecule has 2 heterocycles. The van der Waals surface area contributed by atoms with Crippen LogP contribution in [0.1, 0.15) is 0 Å². The minimum Gasteiger partial charge on any atom is -0.311 e. The molecule has 58 heavy (non-hydrogen) atoms. The maximum absolute atomic E-state index is 2.49. The molecule has 0 bridgehead atoms. The van der Waals surface area contributed by atoms with E-state index in [0.717, 1.165) is 22.6 Å². The van der Waals surface area contributed by atoms with Gasteiger partial charge in [0.05, 0.1) is 16.7 Å². The molecule has 0 aliphatic rings. The van der Waals surface area contributed by atoms with Gasteiger partial charge >= 0.3 is 0 Å². The van der Waals surface area contributed by atoms with Gasteiger partial charge in [0.15, 0.2) is 0 Å². The van der Waals surface area contributed by atoms with Gasteiger partial charge in [0.25, 0.3) is 0 Å². The minimum absolute atomic E-state index is 1.09. The van der Waals surface area contributed by atoms with Crippen molar-refractivity contribution in [3.05, 3.63) is 231 Å². The molecule has 0 atom stereocenters. The zero-order valence-corrected chi connectivity index (χ0v) is 31.8. The van der Waals surface area contributed by atoms with Crippen LogP contribution in [0.25, 0.3) is 82.6 Å². The molecule has 0 radical (unpaired) electrons. The summed E-state index contributed by atoms with van der Waals surface area (Å²) >= 11 is 0. The molecule has 9 aromatic carbocycles. The third-order valence-electron chi connectivity index (χ3n) is 11.6. The monoisotopic (exact) mass is 738 g/mol. The van der Waals surface area contributed by atoms with E-state index in [9.17, 15) is 0 Å². The highest BCUT2D eigenvalue weighted by Crippen LogP contribution is 2.44. The van der Waals surface area contributed by atoms with Gasteiger partial charge < -0.3 is 9.30 Å². The summed E-state index contributed by atoms with van der Waals surface area (Å²) in [4.78, 5) is 2.36. The summed E-state index contributed by atoms with van der Waals surface area (Å²) < 4.78 is 2.49. The van der Waals surface area contributed by atoms with Crippen LogP contribution in [0.4, 0.5) is 17.1 Å². The number of pyridine rings is 1. The van der Waals surface area contributed by atoms with Crippen LogP contribution in [-0.4, -0.2) is 4.40 Å². The lowest BCUT2D eigenvalue weighted by molar-refractivity contribution is 1.26. The molecule has 0 aliphatic carbocycles. The lowest BCUT2D eigenvalue weighted by Gasteiger charge is -2.26. The molecule has 2 nitrogen and oxygen atoms in total. The van der Waals surface area contributed by atoms with Crippen LogP contribution < -0.4 is 4.90 Å². The van der Waals surface area contributed by atoms with E-state index in [4.69, 9.17) is 0 Å². The van der Waals surface area contributed by atoms with E-state index < -0.39 is 0 Å².